The Balaban J connectivity index is 0.000000172. The smallest absolute Gasteiger partial charge is 0.234 e. The van der Waals surface area contributed by atoms with E-state index >= 15 is 0 Å². The van der Waals surface area contributed by atoms with Gasteiger partial charge in [-0.1, -0.05) is 24.3 Å². The number of aromatic nitrogens is 4. The average Bonchev–Trinajstić information content (AvgIpc) is 3.74. The van der Waals surface area contributed by atoms with Crippen LogP contribution in [0.3, 0.4) is 0 Å². The van der Waals surface area contributed by atoms with E-state index in [1.54, 1.807) is 25.1 Å². The zero-order valence-electron chi connectivity index (χ0n) is 30.8. The number of nitrogens with two attached hydrogens (primary N) is 1. The van der Waals surface area contributed by atoms with Crippen molar-refractivity contribution in [1.82, 2.24) is 24.4 Å². The molecule has 3 N–H and O–H groups in total. The minimum atomic E-state index is -0.514. The molecular weight excluding hydrogens is 729 g/mol. The highest BCUT2D eigenvalue weighted by atomic mass is 35.5. The number of rotatable bonds is 9. The summed E-state index contributed by atoms with van der Waals surface area (Å²) in [6.07, 6.45) is 3.56. The van der Waals surface area contributed by atoms with Crippen molar-refractivity contribution in [3.63, 3.8) is 0 Å². The molecule has 1 atom stereocenters. The number of alkyl halides is 1. The third-order valence-electron chi connectivity index (χ3n) is 10.5. The molecular formula is C42H44ClF3N6O3. The van der Waals surface area contributed by atoms with Crippen LogP contribution in [-0.4, -0.2) is 57.5 Å². The number of primary amides is 1. The Labute approximate surface area is 322 Å². The zero-order valence-corrected chi connectivity index (χ0v) is 31.6. The number of carbonyl (C=O) groups is 1. The summed E-state index contributed by atoms with van der Waals surface area (Å²) >= 11 is 6.18. The van der Waals surface area contributed by atoms with Crippen molar-refractivity contribution in [2.75, 3.05) is 26.4 Å². The van der Waals surface area contributed by atoms with Gasteiger partial charge in [-0.25, -0.2) is 23.1 Å². The molecule has 6 aromatic rings. The van der Waals surface area contributed by atoms with Gasteiger partial charge in [-0.3, -0.25) is 10.1 Å². The monoisotopic (exact) mass is 772 g/mol. The summed E-state index contributed by atoms with van der Waals surface area (Å²) in [5.41, 5.74) is 12.9. The summed E-state index contributed by atoms with van der Waals surface area (Å²) in [7, 11) is 0. The van der Waals surface area contributed by atoms with Gasteiger partial charge < -0.3 is 24.3 Å². The first-order valence-electron chi connectivity index (χ1n) is 18.6. The molecule has 0 saturated carbocycles. The number of halogens is 4. The predicted molar refractivity (Wildman–Crippen MR) is 208 cm³/mol. The molecule has 9 nitrogen and oxygen atoms in total. The molecule has 2 aliphatic rings. The fourth-order valence-electron chi connectivity index (χ4n) is 7.52. The first-order valence-corrected chi connectivity index (χ1v) is 19.1. The third-order valence-corrected chi connectivity index (χ3v) is 10.7. The lowest BCUT2D eigenvalue weighted by molar-refractivity contribution is -0.119. The normalized spacial score (nSPS) is 16.0. The molecule has 0 unspecified atom stereocenters. The SMILES string of the molecule is C[C@H](NCc1nc2cc(F)c(-c3ccc(F)cc3)cc2n1C1CCOCC1)C(N)=O.Cc1cc2nc(CCl)n(C3CCOCC3)c2cc1-c1ccc(F)cc1. The standard InChI is InChI=1S/C22H24F2N4O2.C20H20ClFN2O/c1-13(22(25)29)26-12-21-27-19-11-18(24)17(14-2-4-15(23)5-3-14)10-20(19)28(21)16-6-8-30-9-7-16;1-13-10-18-19(11-17(13)14-2-4-15(22)5-3-14)24(20(12-21)23-18)16-6-8-25-9-7-16/h2-5,10-11,13,16,26H,6-9,12H2,1H3,(H2,25,29);2-5,10-11,16H,6-9,12H2,1H3/t13-;/m0./s1. The van der Waals surface area contributed by atoms with Crippen LogP contribution < -0.4 is 11.1 Å². The molecule has 2 fully saturated rings. The number of fused-ring (bicyclic) bond motifs is 2. The quantitative estimate of drug-likeness (QED) is 0.143. The van der Waals surface area contributed by atoms with Crippen LogP contribution >= 0.6 is 11.6 Å². The summed E-state index contributed by atoms with van der Waals surface area (Å²) in [4.78, 5) is 20.8. The van der Waals surface area contributed by atoms with Gasteiger partial charge in [0.1, 0.15) is 29.1 Å². The first-order chi connectivity index (χ1) is 26.6. The van der Waals surface area contributed by atoms with Gasteiger partial charge in [-0.05, 0) is 104 Å². The van der Waals surface area contributed by atoms with E-state index in [1.165, 1.54) is 30.3 Å². The zero-order chi connectivity index (χ0) is 38.6. The van der Waals surface area contributed by atoms with E-state index in [0.717, 1.165) is 78.0 Å². The first kappa shape index (κ1) is 38.5. The van der Waals surface area contributed by atoms with Crippen LogP contribution in [0.15, 0.2) is 72.8 Å². The van der Waals surface area contributed by atoms with E-state index in [-0.39, 0.29) is 17.7 Å². The topological polar surface area (TPSA) is 109 Å². The second kappa shape index (κ2) is 16.9. The summed E-state index contributed by atoms with van der Waals surface area (Å²) in [6.45, 7) is 6.89. The second-order valence-electron chi connectivity index (χ2n) is 14.1. The Morgan fingerprint density at radius 1 is 0.782 bits per heavy atom. The number of amides is 1. The molecule has 1 amide bonds. The number of nitrogens with zero attached hydrogens (tertiary/aromatic N) is 4. The van der Waals surface area contributed by atoms with Gasteiger partial charge in [0, 0.05) is 50.1 Å². The maximum Gasteiger partial charge on any atom is 0.234 e. The van der Waals surface area contributed by atoms with Crippen molar-refractivity contribution < 1.29 is 27.4 Å². The van der Waals surface area contributed by atoms with E-state index in [9.17, 15) is 18.0 Å². The third kappa shape index (κ3) is 8.42. The van der Waals surface area contributed by atoms with Crippen molar-refractivity contribution in [1.29, 1.82) is 0 Å². The summed E-state index contributed by atoms with van der Waals surface area (Å²) in [6, 6.07) is 19.8. The Bertz CT molecular complexity index is 2280. The lowest BCUT2D eigenvalue weighted by atomic mass is 9.99. The molecule has 0 radical (unpaired) electrons. The van der Waals surface area contributed by atoms with Crippen LogP contribution in [0, 0.1) is 24.4 Å². The lowest BCUT2D eigenvalue weighted by Gasteiger charge is -2.26. The van der Waals surface area contributed by atoms with Gasteiger partial charge >= 0.3 is 0 Å². The number of hydrogen-bond acceptors (Lipinski definition) is 6. The summed E-state index contributed by atoms with van der Waals surface area (Å²) < 4.78 is 56.8. The van der Waals surface area contributed by atoms with Gasteiger partial charge in [0.05, 0.1) is 40.5 Å². The highest BCUT2D eigenvalue weighted by Gasteiger charge is 2.25. The lowest BCUT2D eigenvalue weighted by Crippen LogP contribution is -2.39. The van der Waals surface area contributed by atoms with E-state index in [2.05, 4.69) is 38.5 Å². The number of carbonyl (C=O) groups excluding carboxylic acids is 1. The van der Waals surface area contributed by atoms with Gasteiger partial charge in [0.15, 0.2) is 0 Å². The molecule has 8 rings (SSSR count). The van der Waals surface area contributed by atoms with Crippen LogP contribution in [0.4, 0.5) is 13.2 Å². The van der Waals surface area contributed by atoms with Gasteiger partial charge in [0.25, 0.3) is 0 Å². The molecule has 0 bridgehead atoms. The van der Waals surface area contributed by atoms with E-state index in [4.69, 9.17) is 31.8 Å². The number of hydrogen-bond donors (Lipinski definition) is 2. The molecule has 2 aromatic heterocycles. The Kier molecular flexibility index (Phi) is 11.9. The van der Waals surface area contributed by atoms with Crippen LogP contribution in [0.2, 0.25) is 0 Å². The van der Waals surface area contributed by atoms with Crippen molar-refractivity contribution in [3.05, 3.63) is 107 Å². The largest absolute Gasteiger partial charge is 0.381 e. The van der Waals surface area contributed by atoms with Gasteiger partial charge in [-0.15, -0.1) is 11.6 Å². The molecule has 288 valence electrons. The molecule has 13 heteroatoms. The Morgan fingerprint density at radius 2 is 1.25 bits per heavy atom. The fourth-order valence-corrected chi connectivity index (χ4v) is 7.71. The van der Waals surface area contributed by atoms with Crippen LogP contribution in [0.25, 0.3) is 44.3 Å². The molecule has 4 heterocycles. The van der Waals surface area contributed by atoms with E-state index in [1.807, 2.05) is 12.1 Å². The molecule has 0 spiro atoms. The van der Waals surface area contributed by atoms with E-state index in [0.29, 0.717) is 54.1 Å². The molecule has 4 aromatic carbocycles. The second-order valence-corrected chi connectivity index (χ2v) is 14.4. The minimum absolute atomic E-state index is 0.149. The number of imidazole rings is 2. The van der Waals surface area contributed by atoms with Crippen molar-refractivity contribution in [3.8, 4) is 22.3 Å². The molecule has 2 aliphatic heterocycles. The summed E-state index contributed by atoms with van der Waals surface area (Å²) in [5.74, 6) is 0.532. The molecule has 0 aliphatic carbocycles. The van der Waals surface area contributed by atoms with E-state index < -0.39 is 17.8 Å². The number of aryl methyl sites for hydroxylation is 1. The van der Waals surface area contributed by atoms with Gasteiger partial charge in [0.2, 0.25) is 5.91 Å². The number of ether oxygens (including phenoxy) is 2. The molecule has 55 heavy (non-hydrogen) atoms. The number of nitrogens with one attached hydrogen (secondary N) is 1. The maximum atomic E-state index is 14.9. The number of benzene rings is 4. The highest BCUT2D eigenvalue weighted by Crippen LogP contribution is 2.35. The van der Waals surface area contributed by atoms with Crippen molar-refractivity contribution in [2.45, 2.75) is 70.1 Å². The fraction of sp³-hybridized carbons (Fsp3) is 0.357. The molecule has 2 saturated heterocycles. The van der Waals surface area contributed by atoms with Crippen LogP contribution in [-0.2, 0) is 26.7 Å². The highest BCUT2D eigenvalue weighted by molar-refractivity contribution is 6.16. The van der Waals surface area contributed by atoms with Crippen molar-refractivity contribution >= 4 is 39.6 Å². The maximum absolute atomic E-state index is 14.9. The van der Waals surface area contributed by atoms with Crippen LogP contribution in [0.1, 0.15) is 61.9 Å². The Morgan fingerprint density at radius 3 is 1.78 bits per heavy atom. The average molecular weight is 773 g/mol. The summed E-state index contributed by atoms with van der Waals surface area (Å²) in [5, 5.41) is 3.08. The van der Waals surface area contributed by atoms with Crippen molar-refractivity contribution in [2.24, 2.45) is 5.73 Å². The predicted octanol–water partition coefficient (Wildman–Crippen LogP) is 8.54. The van der Waals surface area contributed by atoms with Gasteiger partial charge in [-0.2, -0.15) is 0 Å². The van der Waals surface area contributed by atoms with Crippen LogP contribution in [0.5, 0.6) is 0 Å². The Hall–Kier alpha value is -4.75. The minimum Gasteiger partial charge on any atom is -0.381 e.